The van der Waals surface area contributed by atoms with E-state index in [1.54, 1.807) is 24.3 Å². The molecule has 1 heterocycles. The van der Waals surface area contributed by atoms with E-state index in [1.807, 2.05) is 41.3 Å². The van der Waals surface area contributed by atoms with Crippen molar-refractivity contribution in [2.24, 2.45) is 12.0 Å². The number of imidazole rings is 1. The van der Waals surface area contributed by atoms with Gasteiger partial charge in [-0.2, -0.15) is 0 Å². The molecule has 9 nitrogen and oxygen atoms in total. The molecule has 0 unspecified atom stereocenters. The third kappa shape index (κ3) is 7.47. The number of para-hydroxylation sites is 1. The van der Waals surface area contributed by atoms with E-state index < -0.39 is 12.3 Å². The predicted octanol–water partition coefficient (Wildman–Crippen LogP) is 5.15. The molecule has 2 N–H and O–H groups in total. The third-order valence-corrected chi connectivity index (χ3v) is 6.09. The maximum atomic E-state index is 12.6. The molecule has 0 aliphatic carbocycles. The van der Waals surface area contributed by atoms with Crippen LogP contribution >= 0.6 is 0 Å². The number of hydrogen-bond acceptors (Lipinski definition) is 5. The van der Waals surface area contributed by atoms with E-state index >= 15 is 0 Å². The van der Waals surface area contributed by atoms with Gasteiger partial charge in [-0.1, -0.05) is 25.1 Å². The summed E-state index contributed by atoms with van der Waals surface area (Å²) in [5.74, 6) is -1.04. The number of carbonyl (C=O) groups is 2. The first-order valence-electron chi connectivity index (χ1n) is 12.9. The summed E-state index contributed by atoms with van der Waals surface area (Å²) in [5.41, 5.74) is 3.81. The largest absolute Gasteiger partial charge is 0.573 e. The maximum Gasteiger partial charge on any atom is 0.573 e. The molecular formula is C29H29F3N4O5. The summed E-state index contributed by atoms with van der Waals surface area (Å²) in [6, 6.07) is 17.9. The van der Waals surface area contributed by atoms with Crippen LogP contribution in [-0.4, -0.2) is 45.6 Å². The summed E-state index contributed by atoms with van der Waals surface area (Å²) >= 11 is 0. The fraction of sp³-hybridized carbons (Fsp3) is 0.276. The van der Waals surface area contributed by atoms with Crippen molar-refractivity contribution in [1.82, 2.24) is 14.5 Å². The molecule has 3 aromatic carbocycles. The van der Waals surface area contributed by atoms with Gasteiger partial charge in [-0.15, -0.1) is 13.2 Å². The minimum atomic E-state index is -4.79. The van der Waals surface area contributed by atoms with Crippen molar-refractivity contribution < 1.29 is 37.3 Å². The van der Waals surface area contributed by atoms with Crippen LogP contribution in [0.2, 0.25) is 0 Å². The zero-order valence-electron chi connectivity index (χ0n) is 22.4. The second-order valence-electron chi connectivity index (χ2n) is 9.17. The Hall–Kier alpha value is -4.74. The Morgan fingerprint density at radius 2 is 1.73 bits per heavy atom. The highest BCUT2D eigenvalue weighted by Gasteiger charge is 2.31. The summed E-state index contributed by atoms with van der Waals surface area (Å²) in [7, 11) is 1.84. The van der Waals surface area contributed by atoms with Crippen LogP contribution in [-0.2, 0) is 18.4 Å². The number of amides is 1. The Kier molecular flexibility index (Phi) is 9.00. The summed E-state index contributed by atoms with van der Waals surface area (Å²) < 4.78 is 51.6. The van der Waals surface area contributed by atoms with Crippen LogP contribution in [0.3, 0.4) is 0 Å². The fourth-order valence-corrected chi connectivity index (χ4v) is 4.24. The molecule has 12 heteroatoms. The third-order valence-electron chi connectivity index (χ3n) is 6.09. The number of halogens is 3. The molecule has 0 spiro atoms. The van der Waals surface area contributed by atoms with Gasteiger partial charge in [0.05, 0.1) is 30.8 Å². The van der Waals surface area contributed by atoms with E-state index in [4.69, 9.17) is 14.8 Å². The first-order chi connectivity index (χ1) is 19.6. The normalized spacial score (nSPS) is 12.0. The van der Waals surface area contributed by atoms with E-state index in [-0.39, 0.29) is 24.6 Å². The van der Waals surface area contributed by atoms with Crippen molar-refractivity contribution in [3.8, 4) is 11.5 Å². The number of nitrogens with zero attached hydrogens (tertiary/aromatic N) is 3. The molecule has 1 aromatic heterocycles. The highest BCUT2D eigenvalue weighted by atomic mass is 19.4. The Bertz CT molecular complexity index is 1590. The number of nitrogens with one attached hydrogen (secondary N) is 1. The average Bonchev–Trinajstić information content (AvgIpc) is 3.18. The number of rotatable bonds is 11. The molecule has 0 saturated heterocycles. The zero-order valence-corrected chi connectivity index (χ0v) is 22.4. The van der Waals surface area contributed by atoms with Gasteiger partial charge in [0.2, 0.25) is 5.62 Å². The van der Waals surface area contributed by atoms with Crippen molar-refractivity contribution in [3.63, 3.8) is 0 Å². The standard InChI is InChI=1S/C29H29F3N4O5/c1-3-17-40-24-6-4-5-23-26(24)35(2)28(34-21-11-13-22(14-12-21)41-29(30,31)32)36(23)18-19-7-9-20(10-8-19)27(39)33-16-15-25(37)38/h4-14H,3,15-18H2,1-2H3,(H,33,39)(H,37,38). The van der Waals surface area contributed by atoms with Crippen molar-refractivity contribution in [2.45, 2.75) is 32.7 Å². The van der Waals surface area contributed by atoms with E-state index in [0.717, 1.165) is 23.0 Å². The van der Waals surface area contributed by atoms with E-state index in [1.165, 1.54) is 24.3 Å². The number of fused-ring (bicyclic) bond motifs is 1. The molecule has 0 saturated carbocycles. The lowest BCUT2D eigenvalue weighted by Gasteiger charge is -2.09. The van der Waals surface area contributed by atoms with Crippen LogP contribution in [0, 0.1) is 0 Å². The SMILES string of the molecule is CCCOc1cccc2c1n(C)c(=Nc1ccc(OC(F)(F)F)cc1)n2Cc1ccc(C(=O)NCCC(=O)O)cc1. The van der Waals surface area contributed by atoms with Crippen LogP contribution in [0.1, 0.15) is 35.7 Å². The maximum absolute atomic E-state index is 12.6. The minimum Gasteiger partial charge on any atom is -0.491 e. The number of ether oxygens (including phenoxy) is 2. The number of benzene rings is 3. The highest BCUT2D eigenvalue weighted by molar-refractivity contribution is 5.94. The lowest BCUT2D eigenvalue weighted by Crippen LogP contribution is -2.26. The Morgan fingerprint density at radius 1 is 1.02 bits per heavy atom. The van der Waals surface area contributed by atoms with Gasteiger partial charge in [0.15, 0.2) is 0 Å². The van der Waals surface area contributed by atoms with Gasteiger partial charge in [0.1, 0.15) is 17.0 Å². The molecule has 0 bridgehead atoms. The number of carboxylic acid groups (broad SMARTS) is 1. The second kappa shape index (κ2) is 12.6. The van der Waals surface area contributed by atoms with Gasteiger partial charge >= 0.3 is 12.3 Å². The molecule has 216 valence electrons. The number of carboxylic acids is 1. The Labute approximate surface area is 233 Å². The first kappa shape index (κ1) is 29.2. The lowest BCUT2D eigenvalue weighted by molar-refractivity contribution is -0.274. The first-order valence-corrected chi connectivity index (χ1v) is 12.9. The number of hydrogen-bond donors (Lipinski definition) is 2. The second-order valence-corrected chi connectivity index (χ2v) is 9.17. The van der Waals surface area contributed by atoms with Crippen LogP contribution < -0.4 is 20.4 Å². The van der Waals surface area contributed by atoms with Gasteiger partial charge in [0.25, 0.3) is 5.91 Å². The molecule has 4 rings (SSSR count). The van der Waals surface area contributed by atoms with Crippen molar-refractivity contribution >= 4 is 28.6 Å². The van der Waals surface area contributed by atoms with Gasteiger partial charge in [-0.05, 0) is 60.5 Å². The minimum absolute atomic E-state index is 0.0262. The fourth-order valence-electron chi connectivity index (χ4n) is 4.24. The Morgan fingerprint density at radius 3 is 2.37 bits per heavy atom. The molecular weight excluding hydrogens is 541 g/mol. The summed E-state index contributed by atoms with van der Waals surface area (Å²) in [6.45, 7) is 2.92. The molecule has 41 heavy (non-hydrogen) atoms. The predicted molar refractivity (Wildman–Crippen MR) is 145 cm³/mol. The summed E-state index contributed by atoms with van der Waals surface area (Å²) in [4.78, 5) is 27.8. The number of alkyl halides is 3. The van der Waals surface area contributed by atoms with Gasteiger partial charge in [-0.25, -0.2) is 4.99 Å². The zero-order chi connectivity index (χ0) is 29.6. The van der Waals surface area contributed by atoms with E-state index in [2.05, 4.69) is 10.1 Å². The molecule has 0 atom stereocenters. The lowest BCUT2D eigenvalue weighted by atomic mass is 10.1. The summed E-state index contributed by atoms with van der Waals surface area (Å²) in [6.07, 6.45) is -4.14. The van der Waals surface area contributed by atoms with E-state index in [0.29, 0.717) is 35.8 Å². The van der Waals surface area contributed by atoms with Crippen LogP contribution in [0.25, 0.3) is 11.0 Å². The number of aromatic nitrogens is 2. The Balaban J connectivity index is 1.72. The highest BCUT2D eigenvalue weighted by Crippen LogP contribution is 2.27. The molecule has 1 amide bonds. The monoisotopic (exact) mass is 570 g/mol. The number of aliphatic carboxylic acids is 1. The number of carbonyl (C=O) groups excluding carboxylic acids is 1. The van der Waals surface area contributed by atoms with Crippen LogP contribution in [0.5, 0.6) is 11.5 Å². The molecule has 0 aliphatic heterocycles. The molecule has 0 aliphatic rings. The average molecular weight is 571 g/mol. The smallest absolute Gasteiger partial charge is 0.491 e. The van der Waals surface area contributed by atoms with Crippen molar-refractivity contribution in [1.29, 1.82) is 0 Å². The molecule has 0 fully saturated rings. The van der Waals surface area contributed by atoms with Crippen LogP contribution in [0.15, 0.2) is 71.7 Å². The van der Waals surface area contributed by atoms with Gasteiger partial charge in [0, 0.05) is 19.2 Å². The quantitative estimate of drug-likeness (QED) is 0.259. The van der Waals surface area contributed by atoms with Crippen molar-refractivity contribution in [3.05, 3.63) is 83.5 Å². The topological polar surface area (TPSA) is 107 Å². The van der Waals surface area contributed by atoms with Crippen LogP contribution in [0.4, 0.5) is 18.9 Å². The van der Waals surface area contributed by atoms with E-state index in [9.17, 15) is 22.8 Å². The van der Waals surface area contributed by atoms with Gasteiger partial charge < -0.3 is 29.0 Å². The summed E-state index contributed by atoms with van der Waals surface area (Å²) in [5, 5.41) is 11.3. The van der Waals surface area contributed by atoms with Gasteiger partial charge in [-0.3, -0.25) is 9.59 Å². The van der Waals surface area contributed by atoms with Crippen molar-refractivity contribution in [2.75, 3.05) is 13.2 Å². The molecule has 0 radical (unpaired) electrons. The number of aryl methyl sites for hydroxylation is 1. The molecule has 4 aromatic rings.